The quantitative estimate of drug-likeness (QED) is 0.288. The van der Waals surface area contributed by atoms with Crippen molar-refractivity contribution in [2.24, 2.45) is 0 Å². The van der Waals surface area contributed by atoms with E-state index >= 15 is 0 Å². The van der Waals surface area contributed by atoms with E-state index in [1.54, 1.807) is 6.07 Å². The zero-order valence-corrected chi connectivity index (χ0v) is 12.4. The van der Waals surface area contributed by atoms with Crippen molar-refractivity contribution in [3.8, 4) is 0 Å². The SMILES string of the molecule is Fc1cc2c3ccccc3ccc2c2ccc3ccccc3c12. The molecule has 0 saturated carbocycles. The van der Waals surface area contributed by atoms with Crippen LogP contribution in [0.2, 0.25) is 0 Å². The Bertz CT molecular complexity index is 1220. The van der Waals surface area contributed by atoms with Crippen LogP contribution in [-0.4, -0.2) is 0 Å². The standard InChI is InChI=1S/C22H13F/c23-21-13-20-16-7-3-1-5-14(16)9-11-18(20)19-12-10-15-6-2-4-8-17(15)22(19)21/h1-13H. The maximum absolute atomic E-state index is 15.0. The number of benzene rings is 5. The summed E-state index contributed by atoms with van der Waals surface area (Å²) in [6, 6.07) is 26.1. The largest absolute Gasteiger partial charge is 0.206 e. The Hall–Kier alpha value is -2.93. The van der Waals surface area contributed by atoms with Crippen LogP contribution in [0.25, 0.3) is 43.1 Å². The molecule has 0 aromatic heterocycles. The van der Waals surface area contributed by atoms with E-state index < -0.39 is 0 Å². The van der Waals surface area contributed by atoms with Gasteiger partial charge < -0.3 is 0 Å². The van der Waals surface area contributed by atoms with Crippen molar-refractivity contribution >= 4 is 43.1 Å². The first kappa shape index (κ1) is 12.6. The summed E-state index contributed by atoms with van der Waals surface area (Å²) in [6.45, 7) is 0. The molecule has 0 aliphatic heterocycles. The van der Waals surface area contributed by atoms with Crippen LogP contribution in [0.3, 0.4) is 0 Å². The summed E-state index contributed by atoms with van der Waals surface area (Å²) in [5.41, 5.74) is 0. The molecule has 0 atom stereocenters. The predicted octanol–water partition coefficient (Wildman–Crippen LogP) is 6.44. The van der Waals surface area contributed by atoms with Gasteiger partial charge in [0, 0.05) is 5.39 Å². The summed E-state index contributed by atoms with van der Waals surface area (Å²) < 4.78 is 15.0. The summed E-state index contributed by atoms with van der Waals surface area (Å²) in [7, 11) is 0. The second kappa shape index (κ2) is 4.53. The molecule has 108 valence electrons. The lowest BCUT2D eigenvalue weighted by molar-refractivity contribution is 0.642. The van der Waals surface area contributed by atoms with Crippen LogP contribution in [0.5, 0.6) is 0 Å². The summed E-state index contributed by atoms with van der Waals surface area (Å²) in [4.78, 5) is 0. The minimum Gasteiger partial charge on any atom is -0.206 e. The topological polar surface area (TPSA) is 0 Å². The monoisotopic (exact) mass is 296 g/mol. The smallest absolute Gasteiger partial charge is 0.132 e. The van der Waals surface area contributed by atoms with Gasteiger partial charge in [-0.1, -0.05) is 72.8 Å². The molecule has 0 nitrogen and oxygen atoms in total. The van der Waals surface area contributed by atoms with Crippen LogP contribution in [-0.2, 0) is 0 Å². The lowest BCUT2D eigenvalue weighted by atomic mass is 9.94. The fraction of sp³-hybridized carbons (Fsp3) is 0. The molecule has 5 aromatic carbocycles. The third kappa shape index (κ3) is 1.71. The Morgan fingerprint density at radius 1 is 0.478 bits per heavy atom. The van der Waals surface area contributed by atoms with E-state index in [4.69, 9.17) is 0 Å². The van der Waals surface area contributed by atoms with E-state index in [0.717, 1.165) is 37.7 Å². The summed E-state index contributed by atoms with van der Waals surface area (Å²) in [5.74, 6) is -0.152. The predicted molar refractivity (Wildman–Crippen MR) is 96.4 cm³/mol. The van der Waals surface area contributed by atoms with Gasteiger partial charge in [0.25, 0.3) is 0 Å². The van der Waals surface area contributed by atoms with E-state index in [0.29, 0.717) is 5.39 Å². The second-order valence-corrected chi connectivity index (χ2v) is 5.95. The highest BCUT2D eigenvalue weighted by Crippen LogP contribution is 2.36. The molecule has 0 bridgehead atoms. The van der Waals surface area contributed by atoms with E-state index in [-0.39, 0.29) is 5.82 Å². The minimum absolute atomic E-state index is 0.152. The molecule has 0 unspecified atom stereocenters. The van der Waals surface area contributed by atoms with Gasteiger partial charge in [0.15, 0.2) is 0 Å². The molecule has 0 heterocycles. The van der Waals surface area contributed by atoms with Gasteiger partial charge in [-0.2, -0.15) is 0 Å². The van der Waals surface area contributed by atoms with Gasteiger partial charge in [-0.3, -0.25) is 0 Å². The summed E-state index contributed by atoms with van der Waals surface area (Å²) in [5, 5.41) is 8.04. The van der Waals surface area contributed by atoms with Crippen molar-refractivity contribution in [2.45, 2.75) is 0 Å². The van der Waals surface area contributed by atoms with Crippen LogP contribution >= 0.6 is 0 Å². The number of fused-ring (bicyclic) bond motifs is 7. The minimum atomic E-state index is -0.152. The Morgan fingerprint density at radius 3 is 1.87 bits per heavy atom. The van der Waals surface area contributed by atoms with Crippen molar-refractivity contribution in [3.05, 3.63) is 84.7 Å². The van der Waals surface area contributed by atoms with Crippen molar-refractivity contribution < 1.29 is 4.39 Å². The van der Waals surface area contributed by atoms with Crippen molar-refractivity contribution in [2.75, 3.05) is 0 Å². The molecule has 23 heavy (non-hydrogen) atoms. The molecule has 0 fully saturated rings. The van der Waals surface area contributed by atoms with Crippen molar-refractivity contribution in [3.63, 3.8) is 0 Å². The molecule has 0 amide bonds. The van der Waals surface area contributed by atoms with Gasteiger partial charge in [-0.15, -0.1) is 0 Å². The molecule has 0 spiro atoms. The number of rotatable bonds is 0. The highest BCUT2D eigenvalue weighted by Gasteiger charge is 2.11. The molecule has 0 aliphatic carbocycles. The maximum atomic E-state index is 15.0. The Morgan fingerprint density at radius 2 is 1.09 bits per heavy atom. The van der Waals surface area contributed by atoms with Gasteiger partial charge >= 0.3 is 0 Å². The van der Waals surface area contributed by atoms with E-state index in [2.05, 4.69) is 30.3 Å². The molecule has 0 radical (unpaired) electrons. The summed E-state index contributed by atoms with van der Waals surface area (Å²) in [6.07, 6.45) is 0. The van der Waals surface area contributed by atoms with Gasteiger partial charge in [0.1, 0.15) is 5.82 Å². The zero-order valence-electron chi connectivity index (χ0n) is 12.4. The van der Waals surface area contributed by atoms with Gasteiger partial charge in [0.05, 0.1) is 0 Å². The van der Waals surface area contributed by atoms with Crippen LogP contribution in [0.15, 0.2) is 78.9 Å². The van der Waals surface area contributed by atoms with E-state index in [1.807, 2.05) is 42.5 Å². The molecule has 0 aliphatic rings. The highest BCUT2D eigenvalue weighted by molar-refractivity contribution is 6.22. The Balaban J connectivity index is 2.09. The molecule has 0 saturated heterocycles. The van der Waals surface area contributed by atoms with Crippen LogP contribution < -0.4 is 0 Å². The zero-order chi connectivity index (χ0) is 15.4. The maximum Gasteiger partial charge on any atom is 0.132 e. The molecule has 5 aromatic rings. The Labute approximate surface area is 132 Å². The average molecular weight is 296 g/mol. The van der Waals surface area contributed by atoms with Crippen molar-refractivity contribution in [1.29, 1.82) is 0 Å². The summed E-state index contributed by atoms with van der Waals surface area (Å²) >= 11 is 0. The molecule has 1 heteroatoms. The molecule has 0 N–H and O–H groups in total. The number of hydrogen-bond acceptors (Lipinski definition) is 0. The van der Waals surface area contributed by atoms with Crippen LogP contribution in [0, 0.1) is 5.82 Å². The highest BCUT2D eigenvalue weighted by atomic mass is 19.1. The van der Waals surface area contributed by atoms with Gasteiger partial charge in [-0.25, -0.2) is 4.39 Å². The Kier molecular flexibility index (Phi) is 2.48. The molecular weight excluding hydrogens is 283 g/mol. The fourth-order valence-corrected chi connectivity index (χ4v) is 3.64. The second-order valence-electron chi connectivity index (χ2n) is 5.95. The van der Waals surface area contributed by atoms with E-state index in [9.17, 15) is 4.39 Å². The lowest BCUT2D eigenvalue weighted by Gasteiger charge is -2.11. The third-order valence-corrected chi connectivity index (χ3v) is 4.70. The third-order valence-electron chi connectivity index (χ3n) is 4.70. The first-order valence-electron chi connectivity index (χ1n) is 7.74. The average Bonchev–Trinajstić information content (AvgIpc) is 2.61. The van der Waals surface area contributed by atoms with Gasteiger partial charge in [-0.05, 0) is 43.8 Å². The van der Waals surface area contributed by atoms with Crippen LogP contribution in [0.4, 0.5) is 4.39 Å². The molecular formula is C22H13F. The first-order chi connectivity index (χ1) is 11.3. The molecule has 5 rings (SSSR count). The van der Waals surface area contributed by atoms with E-state index in [1.165, 1.54) is 0 Å². The van der Waals surface area contributed by atoms with Crippen molar-refractivity contribution in [1.82, 2.24) is 0 Å². The van der Waals surface area contributed by atoms with Crippen LogP contribution in [0.1, 0.15) is 0 Å². The number of halogens is 1. The van der Waals surface area contributed by atoms with Gasteiger partial charge in [0.2, 0.25) is 0 Å². The fourth-order valence-electron chi connectivity index (χ4n) is 3.64. The normalized spacial score (nSPS) is 11.7. The first-order valence-corrected chi connectivity index (χ1v) is 7.74. The lowest BCUT2D eigenvalue weighted by Crippen LogP contribution is -1.87. The number of hydrogen-bond donors (Lipinski definition) is 0.